The normalized spacial score (nSPS) is 8.20. The van der Waals surface area contributed by atoms with Crippen LogP contribution in [0.1, 0.15) is 0 Å². The van der Waals surface area contributed by atoms with Crippen LogP contribution >= 0.6 is 24.0 Å². The van der Waals surface area contributed by atoms with Gasteiger partial charge in [0.15, 0.2) is 5.82 Å². The van der Waals surface area contributed by atoms with Gasteiger partial charge >= 0.3 is 0 Å². The first kappa shape index (κ1) is 9.49. The Hall–Kier alpha value is -0.510. The zero-order chi connectivity index (χ0) is 6.69. The molecule has 0 bridgehead atoms. The number of nitrogens with one attached hydrogen (secondary N) is 1. The molecule has 0 unspecified atom stereocenters. The second-order valence-electron chi connectivity index (χ2n) is 1.48. The van der Waals surface area contributed by atoms with Crippen molar-refractivity contribution in [2.75, 3.05) is 5.43 Å². The fourth-order valence-electron chi connectivity index (χ4n) is 0.492. The van der Waals surface area contributed by atoms with Crippen molar-refractivity contribution in [2.24, 2.45) is 5.84 Å². The Morgan fingerprint density at radius 2 is 2.30 bits per heavy atom. The molecule has 1 aromatic rings. The number of pyridine rings is 1. The highest BCUT2D eigenvalue weighted by atomic mass is 35.5. The lowest BCUT2D eigenvalue weighted by Gasteiger charge is -1.97. The van der Waals surface area contributed by atoms with Crippen LogP contribution in [0.2, 0.25) is 5.02 Å². The summed E-state index contributed by atoms with van der Waals surface area (Å²) in [6.07, 6.45) is 1.61. The minimum atomic E-state index is 0. The van der Waals surface area contributed by atoms with Gasteiger partial charge in [0.2, 0.25) is 0 Å². The topological polar surface area (TPSA) is 50.9 Å². The highest BCUT2D eigenvalue weighted by Crippen LogP contribution is 2.15. The fourth-order valence-corrected chi connectivity index (χ4v) is 0.668. The number of nitrogens with zero attached hydrogens (tertiary/aromatic N) is 1. The zero-order valence-corrected chi connectivity index (χ0v) is 6.62. The molecule has 56 valence electrons. The van der Waals surface area contributed by atoms with Crippen molar-refractivity contribution < 1.29 is 0 Å². The van der Waals surface area contributed by atoms with E-state index in [9.17, 15) is 0 Å². The molecular weight excluding hydrogens is 173 g/mol. The van der Waals surface area contributed by atoms with Crippen molar-refractivity contribution in [3.05, 3.63) is 23.4 Å². The number of nitrogen functional groups attached to an aromatic ring is 1. The summed E-state index contributed by atoms with van der Waals surface area (Å²) in [4.78, 5) is 3.83. The molecule has 0 aliphatic rings. The van der Waals surface area contributed by atoms with Gasteiger partial charge in [-0.15, -0.1) is 12.4 Å². The SMILES string of the molecule is Cl.NNc1ncccc1Cl. The molecule has 0 amide bonds. The van der Waals surface area contributed by atoms with Gasteiger partial charge in [0.05, 0.1) is 5.02 Å². The monoisotopic (exact) mass is 179 g/mol. The summed E-state index contributed by atoms with van der Waals surface area (Å²) in [5.41, 5.74) is 2.35. The zero-order valence-electron chi connectivity index (χ0n) is 5.04. The van der Waals surface area contributed by atoms with E-state index in [1.165, 1.54) is 0 Å². The van der Waals surface area contributed by atoms with Crippen LogP contribution in [0.3, 0.4) is 0 Å². The summed E-state index contributed by atoms with van der Waals surface area (Å²) >= 11 is 5.62. The van der Waals surface area contributed by atoms with E-state index in [-0.39, 0.29) is 12.4 Å². The number of anilines is 1. The van der Waals surface area contributed by atoms with Crippen molar-refractivity contribution >= 4 is 29.8 Å². The summed E-state index contributed by atoms with van der Waals surface area (Å²) < 4.78 is 0. The van der Waals surface area contributed by atoms with Gasteiger partial charge in [-0.05, 0) is 12.1 Å². The average Bonchev–Trinajstić information content (AvgIpc) is 1.89. The number of aromatic nitrogens is 1. The Morgan fingerprint density at radius 3 is 2.70 bits per heavy atom. The van der Waals surface area contributed by atoms with Gasteiger partial charge in [0.25, 0.3) is 0 Å². The van der Waals surface area contributed by atoms with E-state index in [1.54, 1.807) is 18.3 Å². The van der Waals surface area contributed by atoms with E-state index >= 15 is 0 Å². The Bertz CT molecular complexity index is 204. The third kappa shape index (κ3) is 2.02. The number of rotatable bonds is 1. The maximum atomic E-state index is 5.62. The molecule has 0 saturated carbocycles. The van der Waals surface area contributed by atoms with Gasteiger partial charge in [0, 0.05) is 6.20 Å². The number of halogens is 2. The van der Waals surface area contributed by atoms with Gasteiger partial charge in [-0.1, -0.05) is 11.6 Å². The van der Waals surface area contributed by atoms with Crippen molar-refractivity contribution in [1.29, 1.82) is 0 Å². The van der Waals surface area contributed by atoms with E-state index < -0.39 is 0 Å². The molecular formula is C5H7Cl2N3. The van der Waals surface area contributed by atoms with Crippen LogP contribution in [0, 0.1) is 0 Å². The quantitative estimate of drug-likeness (QED) is 0.507. The molecule has 0 aliphatic heterocycles. The lowest BCUT2D eigenvalue weighted by atomic mass is 10.5. The van der Waals surface area contributed by atoms with E-state index in [0.717, 1.165) is 0 Å². The molecule has 0 spiro atoms. The van der Waals surface area contributed by atoms with E-state index in [1.807, 2.05) is 0 Å². The van der Waals surface area contributed by atoms with Crippen LogP contribution < -0.4 is 11.3 Å². The lowest BCUT2D eigenvalue weighted by Crippen LogP contribution is -2.08. The molecule has 0 fully saturated rings. The highest BCUT2D eigenvalue weighted by Gasteiger charge is 1.93. The summed E-state index contributed by atoms with van der Waals surface area (Å²) in [5.74, 6) is 5.55. The van der Waals surface area contributed by atoms with Crippen LogP contribution in [-0.2, 0) is 0 Å². The second-order valence-corrected chi connectivity index (χ2v) is 1.89. The predicted octanol–water partition coefficient (Wildman–Crippen LogP) is 1.44. The largest absolute Gasteiger partial charge is 0.307 e. The Balaban J connectivity index is 0.000000810. The molecule has 0 saturated heterocycles. The maximum absolute atomic E-state index is 5.62. The minimum absolute atomic E-state index is 0. The standard InChI is InChI=1S/C5H6ClN3.ClH/c6-4-2-1-3-8-5(4)9-7;/h1-3H,7H2,(H,8,9);1H. The fraction of sp³-hybridized carbons (Fsp3) is 0. The third-order valence-corrected chi connectivity index (χ3v) is 1.20. The Kier molecular flexibility index (Phi) is 4.11. The summed E-state index contributed by atoms with van der Waals surface area (Å²) in [7, 11) is 0. The molecule has 1 aromatic heterocycles. The number of hydrogen-bond donors (Lipinski definition) is 2. The summed E-state index contributed by atoms with van der Waals surface area (Å²) in [6.45, 7) is 0. The predicted molar refractivity (Wildman–Crippen MR) is 44.3 cm³/mol. The van der Waals surface area contributed by atoms with Gasteiger partial charge in [-0.2, -0.15) is 0 Å². The van der Waals surface area contributed by atoms with Gasteiger partial charge in [-0.3, -0.25) is 0 Å². The first-order valence-corrected chi connectivity index (χ1v) is 2.79. The number of nitrogens with two attached hydrogens (primary N) is 1. The smallest absolute Gasteiger partial charge is 0.158 e. The molecule has 1 rings (SSSR count). The highest BCUT2D eigenvalue weighted by molar-refractivity contribution is 6.32. The van der Waals surface area contributed by atoms with E-state index in [2.05, 4.69) is 10.4 Å². The third-order valence-electron chi connectivity index (χ3n) is 0.895. The van der Waals surface area contributed by atoms with Crippen molar-refractivity contribution in [2.45, 2.75) is 0 Å². The van der Waals surface area contributed by atoms with Gasteiger partial charge in [0.1, 0.15) is 0 Å². The maximum Gasteiger partial charge on any atom is 0.158 e. The van der Waals surface area contributed by atoms with Crippen LogP contribution in [0.15, 0.2) is 18.3 Å². The molecule has 3 nitrogen and oxygen atoms in total. The van der Waals surface area contributed by atoms with Gasteiger partial charge in [-0.25, -0.2) is 10.8 Å². The molecule has 3 N–H and O–H groups in total. The van der Waals surface area contributed by atoms with Crippen molar-refractivity contribution in [3.63, 3.8) is 0 Å². The molecule has 0 radical (unpaired) electrons. The van der Waals surface area contributed by atoms with Crippen LogP contribution in [0.5, 0.6) is 0 Å². The number of hydrazine groups is 1. The van der Waals surface area contributed by atoms with Gasteiger partial charge < -0.3 is 5.43 Å². The molecule has 10 heavy (non-hydrogen) atoms. The molecule has 0 aliphatic carbocycles. The van der Waals surface area contributed by atoms with Crippen LogP contribution in [0.4, 0.5) is 5.82 Å². The second kappa shape index (κ2) is 4.33. The lowest BCUT2D eigenvalue weighted by molar-refractivity contribution is 1.23. The average molecular weight is 180 g/mol. The molecule has 0 aromatic carbocycles. The molecule has 0 atom stereocenters. The van der Waals surface area contributed by atoms with Crippen molar-refractivity contribution in [3.8, 4) is 0 Å². The first-order chi connectivity index (χ1) is 4.34. The van der Waals surface area contributed by atoms with Crippen LogP contribution in [0.25, 0.3) is 0 Å². The summed E-state index contributed by atoms with van der Waals surface area (Å²) in [5, 5.41) is 0.528. The Labute approximate surface area is 70.0 Å². The van der Waals surface area contributed by atoms with E-state index in [0.29, 0.717) is 10.8 Å². The summed E-state index contributed by atoms with van der Waals surface area (Å²) in [6, 6.07) is 3.45. The van der Waals surface area contributed by atoms with Crippen LogP contribution in [-0.4, -0.2) is 4.98 Å². The number of hydrogen-bond acceptors (Lipinski definition) is 3. The molecule has 1 heterocycles. The minimum Gasteiger partial charge on any atom is -0.307 e. The van der Waals surface area contributed by atoms with Crippen molar-refractivity contribution in [1.82, 2.24) is 4.98 Å². The van der Waals surface area contributed by atoms with E-state index in [4.69, 9.17) is 17.4 Å². The first-order valence-electron chi connectivity index (χ1n) is 2.41. The Morgan fingerprint density at radius 1 is 1.60 bits per heavy atom. The molecule has 5 heteroatoms.